The minimum Gasteiger partial charge on any atom is -0.436 e. The van der Waals surface area contributed by atoms with Crippen molar-refractivity contribution >= 4 is 23.2 Å². The molecule has 0 aliphatic carbocycles. The summed E-state index contributed by atoms with van der Waals surface area (Å²) in [5.74, 6) is 0.489. The number of aromatic amines is 1. The number of halogens is 1. The van der Waals surface area contributed by atoms with E-state index in [2.05, 4.69) is 15.5 Å². The summed E-state index contributed by atoms with van der Waals surface area (Å²) in [4.78, 5) is 22.6. The molecular formula is C15H16ClN3O3. The number of rotatable bonds is 4. The standard InChI is InChI=1S/C15H16ClN3O3/c1-8(2)11-7-14(18-19-15(11)21)22-13-5-4-10(6-12(13)16)17-9(3)20/h4-8H,1-3H3,(H,17,20)(H,19,21). The lowest BCUT2D eigenvalue weighted by atomic mass is 10.1. The Morgan fingerprint density at radius 3 is 2.68 bits per heavy atom. The molecule has 116 valence electrons. The van der Waals surface area contributed by atoms with Crippen LogP contribution in [0.2, 0.25) is 5.02 Å². The molecule has 2 aromatic rings. The van der Waals surface area contributed by atoms with E-state index >= 15 is 0 Å². The third-order valence-electron chi connectivity index (χ3n) is 2.90. The quantitative estimate of drug-likeness (QED) is 0.905. The smallest absolute Gasteiger partial charge is 0.267 e. The summed E-state index contributed by atoms with van der Waals surface area (Å²) in [5.41, 5.74) is 0.910. The summed E-state index contributed by atoms with van der Waals surface area (Å²) >= 11 is 6.12. The van der Waals surface area contributed by atoms with Gasteiger partial charge in [0.15, 0.2) is 0 Å². The highest BCUT2D eigenvalue weighted by Crippen LogP contribution is 2.31. The van der Waals surface area contributed by atoms with Crippen LogP contribution < -0.4 is 15.6 Å². The lowest BCUT2D eigenvalue weighted by Gasteiger charge is -2.10. The minimum atomic E-state index is -0.241. The number of anilines is 1. The first-order valence-corrected chi connectivity index (χ1v) is 7.09. The van der Waals surface area contributed by atoms with E-state index in [1.54, 1.807) is 24.3 Å². The molecule has 0 atom stereocenters. The maximum atomic E-state index is 11.6. The molecule has 1 amide bonds. The number of aromatic nitrogens is 2. The van der Waals surface area contributed by atoms with Gasteiger partial charge in [0.1, 0.15) is 5.75 Å². The van der Waals surface area contributed by atoms with Crippen molar-refractivity contribution in [2.75, 3.05) is 5.32 Å². The second-order valence-corrected chi connectivity index (χ2v) is 5.48. The van der Waals surface area contributed by atoms with Gasteiger partial charge in [-0.1, -0.05) is 25.4 Å². The molecule has 2 rings (SSSR count). The summed E-state index contributed by atoms with van der Waals surface area (Å²) in [7, 11) is 0. The van der Waals surface area contributed by atoms with E-state index in [1.807, 2.05) is 13.8 Å². The monoisotopic (exact) mass is 321 g/mol. The molecular weight excluding hydrogens is 306 g/mol. The second-order valence-electron chi connectivity index (χ2n) is 5.07. The van der Waals surface area contributed by atoms with Crippen molar-refractivity contribution in [3.8, 4) is 11.6 Å². The molecule has 1 heterocycles. The van der Waals surface area contributed by atoms with Gasteiger partial charge in [-0.25, -0.2) is 5.10 Å². The van der Waals surface area contributed by atoms with E-state index in [-0.39, 0.29) is 23.3 Å². The summed E-state index contributed by atoms with van der Waals surface area (Å²) in [6.07, 6.45) is 0. The van der Waals surface area contributed by atoms with Gasteiger partial charge in [-0.05, 0) is 24.1 Å². The Labute approximate surface area is 132 Å². The first kappa shape index (κ1) is 16.0. The molecule has 7 heteroatoms. The number of nitrogens with zero attached hydrogens (tertiary/aromatic N) is 1. The van der Waals surface area contributed by atoms with Crippen LogP contribution in [0.15, 0.2) is 29.1 Å². The van der Waals surface area contributed by atoms with Gasteiger partial charge >= 0.3 is 0 Å². The van der Waals surface area contributed by atoms with Crippen LogP contribution in [0, 0.1) is 0 Å². The van der Waals surface area contributed by atoms with Crippen LogP contribution in [-0.2, 0) is 4.79 Å². The lowest BCUT2D eigenvalue weighted by Crippen LogP contribution is -2.15. The normalized spacial score (nSPS) is 10.6. The van der Waals surface area contributed by atoms with Crippen LogP contribution in [0.25, 0.3) is 0 Å². The van der Waals surface area contributed by atoms with Gasteiger partial charge in [0.2, 0.25) is 11.8 Å². The Morgan fingerprint density at radius 2 is 2.09 bits per heavy atom. The number of hydrogen-bond donors (Lipinski definition) is 2. The van der Waals surface area contributed by atoms with Crippen molar-refractivity contribution in [1.29, 1.82) is 0 Å². The van der Waals surface area contributed by atoms with Gasteiger partial charge in [-0.3, -0.25) is 9.59 Å². The number of amides is 1. The predicted molar refractivity (Wildman–Crippen MR) is 84.8 cm³/mol. The van der Waals surface area contributed by atoms with Crippen LogP contribution in [-0.4, -0.2) is 16.1 Å². The highest BCUT2D eigenvalue weighted by atomic mass is 35.5. The number of hydrogen-bond acceptors (Lipinski definition) is 4. The topological polar surface area (TPSA) is 84.1 Å². The Balaban J connectivity index is 2.26. The molecule has 1 aromatic carbocycles. The van der Waals surface area contributed by atoms with E-state index in [0.29, 0.717) is 22.0 Å². The van der Waals surface area contributed by atoms with Crippen molar-refractivity contribution in [2.24, 2.45) is 0 Å². The van der Waals surface area contributed by atoms with E-state index < -0.39 is 0 Å². The van der Waals surface area contributed by atoms with Gasteiger partial charge in [0, 0.05) is 24.2 Å². The van der Waals surface area contributed by atoms with Gasteiger partial charge in [-0.15, -0.1) is 5.10 Å². The molecule has 0 bridgehead atoms. The zero-order valence-electron chi connectivity index (χ0n) is 12.4. The fraction of sp³-hybridized carbons (Fsp3) is 0.267. The van der Waals surface area contributed by atoms with Gasteiger partial charge in [0.25, 0.3) is 5.56 Å². The maximum Gasteiger partial charge on any atom is 0.267 e. The summed E-state index contributed by atoms with van der Waals surface area (Å²) < 4.78 is 5.59. The molecule has 0 spiro atoms. The molecule has 0 saturated carbocycles. The molecule has 22 heavy (non-hydrogen) atoms. The van der Waals surface area contributed by atoms with Crippen LogP contribution in [0.1, 0.15) is 32.3 Å². The number of ether oxygens (including phenoxy) is 1. The average molecular weight is 322 g/mol. The van der Waals surface area contributed by atoms with Crippen molar-refractivity contribution < 1.29 is 9.53 Å². The number of carbonyl (C=O) groups is 1. The van der Waals surface area contributed by atoms with Gasteiger partial charge < -0.3 is 10.1 Å². The van der Waals surface area contributed by atoms with Crippen LogP contribution >= 0.6 is 11.6 Å². The van der Waals surface area contributed by atoms with Crippen molar-refractivity contribution in [3.63, 3.8) is 0 Å². The molecule has 6 nitrogen and oxygen atoms in total. The van der Waals surface area contributed by atoms with Crippen molar-refractivity contribution in [1.82, 2.24) is 10.2 Å². The Bertz CT molecular complexity index is 756. The van der Waals surface area contributed by atoms with Crippen LogP contribution in [0.4, 0.5) is 5.69 Å². The third kappa shape index (κ3) is 3.85. The fourth-order valence-corrected chi connectivity index (χ4v) is 2.08. The predicted octanol–water partition coefficient (Wildman–Crippen LogP) is 3.30. The number of benzene rings is 1. The Hall–Kier alpha value is -2.34. The van der Waals surface area contributed by atoms with E-state index in [1.165, 1.54) is 6.92 Å². The van der Waals surface area contributed by atoms with Crippen LogP contribution in [0.3, 0.4) is 0 Å². The fourth-order valence-electron chi connectivity index (χ4n) is 1.86. The maximum absolute atomic E-state index is 11.6. The SMILES string of the molecule is CC(=O)Nc1ccc(Oc2cc(C(C)C)c(=O)[nH]n2)c(Cl)c1. The molecule has 0 radical (unpaired) electrons. The highest BCUT2D eigenvalue weighted by Gasteiger charge is 2.10. The van der Waals surface area contributed by atoms with Crippen molar-refractivity contribution in [3.05, 3.63) is 45.2 Å². The third-order valence-corrected chi connectivity index (χ3v) is 3.19. The number of nitrogens with one attached hydrogen (secondary N) is 2. The summed E-state index contributed by atoms with van der Waals surface area (Å²) in [6, 6.07) is 6.45. The lowest BCUT2D eigenvalue weighted by molar-refractivity contribution is -0.114. The largest absolute Gasteiger partial charge is 0.436 e. The highest BCUT2D eigenvalue weighted by molar-refractivity contribution is 6.32. The van der Waals surface area contributed by atoms with E-state index in [4.69, 9.17) is 16.3 Å². The minimum absolute atomic E-state index is 0.0479. The Kier molecular flexibility index (Phi) is 4.82. The first-order chi connectivity index (χ1) is 10.4. The van der Waals surface area contributed by atoms with Gasteiger partial charge in [-0.2, -0.15) is 0 Å². The van der Waals surface area contributed by atoms with Crippen LogP contribution in [0.5, 0.6) is 11.6 Å². The molecule has 0 aliphatic rings. The molecule has 0 aliphatic heterocycles. The van der Waals surface area contributed by atoms with Crippen molar-refractivity contribution in [2.45, 2.75) is 26.7 Å². The molecule has 1 aromatic heterocycles. The van der Waals surface area contributed by atoms with E-state index in [0.717, 1.165) is 0 Å². The summed E-state index contributed by atoms with van der Waals surface area (Å²) in [5, 5.41) is 9.19. The number of H-pyrrole nitrogens is 1. The molecule has 0 unspecified atom stereocenters. The molecule has 0 fully saturated rings. The zero-order chi connectivity index (χ0) is 16.3. The zero-order valence-corrected chi connectivity index (χ0v) is 13.2. The summed E-state index contributed by atoms with van der Waals surface area (Å²) in [6.45, 7) is 5.23. The number of carbonyl (C=O) groups excluding carboxylic acids is 1. The van der Waals surface area contributed by atoms with Gasteiger partial charge in [0.05, 0.1) is 5.02 Å². The average Bonchev–Trinajstić information content (AvgIpc) is 2.43. The molecule has 0 saturated heterocycles. The Morgan fingerprint density at radius 1 is 1.36 bits per heavy atom. The first-order valence-electron chi connectivity index (χ1n) is 6.71. The molecule has 2 N–H and O–H groups in total. The second kappa shape index (κ2) is 6.62. The van der Waals surface area contributed by atoms with E-state index in [9.17, 15) is 9.59 Å².